The summed E-state index contributed by atoms with van der Waals surface area (Å²) in [6, 6.07) is 6.97. The van der Waals surface area contributed by atoms with Gasteiger partial charge in [0, 0.05) is 52.2 Å². The average Bonchev–Trinajstić information content (AvgIpc) is 2.91. The molecule has 1 saturated heterocycles. The Morgan fingerprint density at radius 3 is 2.39 bits per heavy atom. The Hall–Kier alpha value is -2.73. The Labute approximate surface area is 213 Å². The average molecular weight is 508 g/mol. The number of carboxylic acids is 2. The van der Waals surface area contributed by atoms with Crippen LogP contribution in [0.2, 0.25) is 0 Å². The van der Waals surface area contributed by atoms with Crippen molar-refractivity contribution in [2.45, 2.75) is 31.7 Å². The Bertz CT molecular complexity index is 822. The van der Waals surface area contributed by atoms with Gasteiger partial charge in [-0.25, -0.2) is 0 Å². The summed E-state index contributed by atoms with van der Waals surface area (Å²) in [5.41, 5.74) is 6.71. The van der Waals surface area contributed by atoms with E-state index in [9.17, 15) is 19.5 Å². The molecule has 0 spiro atoms. The van der Waals surface area contributed by atoms with Gasteiger partial charge in [0.2, 0.25) is 5.91 Å². The zero-order valence-electron chi connectivity index (χ0n) is 21.2. The fourth-order valence-corrected chi connectivity index (χ4v) is 4.11. The van der Waals surface area contributed by atoms with Gasteiger partial charge in [0.25, 0.3) is 0 Å². The second-order valence-electron chi connectivity index (χ2n) is 9.14. The molecule has 1 aromatic carbocycles. The quantitative estimate of drug-likeness (QED) is 0.252. The van der Waals surface area contributed by atoms with Crippen LogP contribution < -0.4 is 15.8 Å². The van der Waals surface area contributed by atoms with Crippen LogP contribution in [-0.2, 0) is 20.8 Å². The molecule has 11 nitrogen and oxygen atoms in total. The number of amides is 1. The summed E-state index contributed by atoms with van der Waals surface area (Å²) >= 11 is 0. The molecule has 11 heteroatoms. The fourth-order valence-electron chi connectivity index (χ4n) is 4.11. The molecule has 1 fully saturated rings. The molecule has 0 aromatic heterocycles. The highest BCUT2D eigenvalue weighted by Crippen LogP contribution is 2.13. The molecule has 1 amide bonds. The number of carbonyl (C=O) groups is 3. The Morgan fingerprint density at radius 2 is 1.72 bits per heavy atom. The van der Waals surface area contributed by atoms with Crippen LogP contribution in [0.15, 0.2) is 24.3 Å². The van der Waals surface area contributed by atoms with Crippen molar-refractivity contribution < 1.29 is 29.3 Å². The topological polar surface area (TPSA) is 149 Å². The van der Waals surface area contributed by atoms with Gasteiger partial charge in [0.05, 0.1) is 13.2 Å². The van der Waals surface area contributed by atoms with E-state index in [2.05, 4.69) is 10.2 Å². The van der Waals surface area contributed by atoms with Crippen LogP contribution in [0.5, 0.6) is 5.75 Å². The van der Waals surface area contributed by atoms with Crippen LogP contribution in [0.3, 0.4) is 0 Å². The zero-order valence-corrected chi connectivity index (χ0v) is 21.2. The molecule has 36 heavy (non-hydrogen) atoms. The standard InChI is InChI=1S/C25H41N5O6/c1-28-12-14-29(19-24(32)33)15-17-30(16-13-28)22(25(34)35)7-8-23(31)27-11-2-18-36-21-5-3-20(4-6-21)9-10-26/h3-6,22H,2,7-19,26H2,1H3,(H,27,31)(H,32,33)(H,34,35). The van der Waals surface area contributed by atoms with Crippen molar-refractivity contribution >= 4 is 17.8 Å². The van der Waals surface area contributed by atoms with Gasteiger partial charge in [-0.15, -0.1) is 0 Å². The number of carbonyl (C=O) groups excluding carboxylic acids is 1. The molecule has 0 saturated carbocycles. The summed E-state index contributed by atoms with van der Waals surface area (Å²) in [7, 11) is 1.94. The number of aliphatic carboxylic acids is 2. The van der Waals surface area contributed by atoms with Crippen molar-refractivity contribution in [3.8, 4) is 5.75 Å². The highest BCUT2D eigenvalue weighted by molar-refractivity contribution is 5.78. The van der Waals surface area contributed by atoms with Crippen LogP contribution >= 0.6 is 0 Å². The fraction of sp³-hybridized carbons (Fsp3) is 0.640. The molecule has 0 bridgehead atoms. The lowest BCUT2D eigenvalue weighted by atomic mass is 10.1. The zero-order chi connectivity index (χ0) is 26.3. The van der Waals surface area contributed by atoms with Crippen molar-refractivity contribution in [1.82, 2.24) is 20.0 Å². The van der Waals surface area contributed by atoms with Crippen LogP contribution in [0.25, 0.3) is 0 Å². The van der Waals surface area contributed by atoms with E-state index in [0.29, 0.717) is 65.4 Å². The number of nitrogens with one attached hydrogen (secondary N) is 1. The van der Waals surface area contributed by atoms with Crippen LogP contribution in [0, 0.1) is 0 Å². The van der Waals surface area contributed by atoms with Gasteiger partial charge < -0.3 is 30.9 Å². The Balaban J connectivity index is 1.75. The first kappa shape index (κ1) is 29.5. The molecule has 0 radical (unpaired) electrons. The lowest BCUT2D eigenvalue weighted by Gasteiger charge is -2.30. The van der Waals surface area contributed by atoms with E-state index in [4.69, 9.17) is 15.6 Å². The van der Waals surface area contributed by atoms with Crippen LogP contribution in [-0.4, -0.2) is 121 Å². The molecule has 1 aromatic rings. The molecule has 2 rings (SSSR count). The normalized spacial score (nSPS) is 16.9. The minimum Gasteiger partial charge on any atom is -0.494 e. The summed E-state index contributed by atoms with van der Waals surface area (Å²) in [6.45, 7) is 4.87. The number of carboxylic acid groups (broad SMARTS) is 2. The number of nitrogens with two attached hydrogens (primary N) is 1. The van der Waals surface area contributed by atoms with E-state index in [1.165, 1.54) is 0 Å². The first-order chi connectivity index (χ1) is 17.3. The van der Waals surface area contributed by atoms with Crippen LogP contribution in [0.1, 0.15) is 24.8 Å². The molecule has 1 unspecified atom stereocenters. The number of ether oxygens (including phenoxy) is 1. The highest BCUT2D eigenvalue weighted by Gasteiger charge is 2.28. The maximum Gasteiger partial charge on any atom is 0.320 e. The Morgan fingerprint density at radius 1 is 1.06 bits per heavy atom. The second kappa shape index (κ2) is 16.1. The third kappa shape index (κ3) is 11.3. The van der Waals surface area contributed by atoms with Crippen molar-refractivity contribution in [3.63, 3.8) is 0 Å². The second-order valence-corrected chi connectivity index (χ2v) is 9.14. The van der Waals surface area contributed by atoms with Gasteiger partial charge in [0.1, 0.15) is 11.8 Å². The van der Waals surface area contributed by atoms with E-state index in [-0.39, 0.29) is 25.3 Å². The smallest absolute Gasteiger partial charge is 0.320 e. The summed E-state index contributed by atoms with van der Waals surface area (Å²) in [4.78, 5) is 41.2. The van der Waals surface area contributed by atoms with Gasteiger partial charge in [-0.3, -0.25) is 24.2 Å². The van der Waals surface area contributed by atoms with E-state index in [1.54, 1.807) is 0 Å². The third-order valence-electron chi connectivity index (χ3n) is 6.27. The minimum atomic E-state index is -0.972. The van der Waals surface area contributed by atoms with E-state index < -0.39 is 18.0 Å². The lowest BCUT2D eigenvalue weighted by Crippen LogP contribution is -2.47. The van der Waals surface area contributed by atoms with Gasteiger partial charge >= 0.3 is 11.9 Å². The molecule has 1 atom stereocenters. The maximum absolute atomic E-state index is 12.3. The van der Waals surface area contributed by atoms with Gasteiger partial charge in [-0.1, -0.05) is 12.1 Å². The number of hydrogen-bond donors (Lipinski definition) is 4. The number of benzene rings is 1. The number of likely N-dealkylation sites (N-methyl/N-ethyl adjacent to an activating group) is 1. The van der Waals surface area contributed by atoms with E-state index >= 15 is 0 Å². The van der Waals surface area contributed by atoms with E-state index in [1.807, 2.05) is 41.1 Å². The number of hydrogen-bond acceptors (Lipinski definition) is 8. The number of nitrogens with zero attached hydrogens (tertiary/aromatic N) is 3. The molecule has 1 aliphatic heterocycles. The SMILES string of the molecule is CN1CCN(CC(=O)O)CCN(C(CCC(=O)NCCCOc2ccc(CCN)cc2)C(=O)O)CC1. The first-order valence-corrected chi connectivity index (χ1v) is 12.6. The Kier molecular flexibility index (Phi) is 13.2. The molecular weight excluding hydrogens is 466 g/mol. The van der Waals surface area contributed by atoms with E-state index in [0.717, 1.165) is 17.7 Å². The monoisotopic (exact) mass is 507 g/mol. The summed E-state index contributed by atoms with van der Waals surface area (Å²) < 4.78 is 5.69. The molecule has 202 valence electrons. The van der Waals surface area contributed by atoms with Gasteiger partial charge in [0.15, 0.2) is 0 Å². The summed E-state index contributed by atoms with van der Waals surface area (Å²) in [5.74, 6) is -1.30. The van der Waals surface area contributed by atoms with Gasteiger partial charge in [-0.2, -0.15) is 0 Å². The molecule has 5 N–H and O–H groups in total. The minimum absolute atomic E-state index is 0.0782. The highest BCUT2D eigenvalue weighted by atomic mass is 16.5. The predicted octanol–water partition coefficient (Wildman–Crippen LogP) is -0.0597. The van der Waals surface area contributed by atoms with Crippen LogP contribution in [0.4, 0.5) is 0 Å². The van der Waals surface area contributed by atoms with Crippen molar-refractivity contribution in [2.75, 3.05) is 72.6 Å². The third-order valence-corrected chi connectivity index (χ3v) is 6.27. The van der Waals surface area contributed by atoms with Crippen molar-refractivity contribution in [2.24, 2.45) is 5.73 Å². The maximum atomic E-state index is 12.3. The number of rotatable bonds is 14. The first-order valence-electron chi connectivity index (χ1n) is 12.6. The van der Waals surface area contributed by atoms with Crippen molar-refractivity contribution in [3.05, 3.63) is 29.8 Å². The van der Waals surface area contributed by atoms with Gasteiger partial charge in [-0.05, 0) is 50.6 Å². The predicted molar refractivity (Wildman–Crippen MR) is 136 cm³/mol. The summed E-state index contributed by atoms with van der Waals surface area (Å²) in [6.07, 6.45) is 1.75. The molecule has 0 aliphatic carbocycles. The lowest BCUT2D eigenvalue weighted by molar-refractivity contribution is -0.144. The molecular formula is C25H41N5O6. The van der Waals surface area contributed by atoms with Crippen molar-refractivity contribution in [1.29, 1.82) is 0 Å². The largest absolute Gasteiger partial charge is 0.494 e. The molecule has 1 heterocycles. The molecule has 1 aliphatic rings. The summed E-state index contributed by atoms with van der Waals surface area (Å²) in [5, 5.41) is 21.8.